The smallest absolute Gasteiger partial charge is 0.408 e. The number of hydrogen-bond donors (Lipinski definition) is 0. The topological polar surface area (TPSA) is 36.9 Å². The van der Waals surface area contributed by atoms with Crippen molar-refractivity contribution in [3.8, 4) is 11.5 Å². The van der Waals surface area contributed by atoms with E-state index in [1.807, 2.05) is 27.7 Å². The van der Waals surface area contributed by atoms with Crippen LogP contribution in [0.3, 0.4) is 0 Å². The second-order valence-corrected chi connectivity index (χ2v) is 5.91. The van der Waals surface area contributed by atoms with Crippen molar-refractivity contribution < 1.29 is 27.6 Å². The van der Waals surface area contributed by atoms with Crippen LogP contribution < -0.4 is 14.9 Å². The molecule has 0 saturated carbocycles. The Hall–Kier alpha value is -1.05. The van der Waals surface area contributed by atoms with Crippen LogP contribution in [-0.2, 0) is 9.31 Å². The second-order valence-electron chi connectivity index (χ2n) is 5.51. The molecular weight excluding hydrogens is 316 g/mol. The minimum Gasteiger partial charge on any atom is -0.408 e. The quantitative estimate of drug-likeness (QED) is 0.745. The second kappa shape index (κ2) is 6.22. The Kier molecular flexibility index (Phi) is 4.89. The molecule has 0 atom stereocenters. The SMILES string of the molecule is CCOB(OC(C)(C)CC)c1cc2c(cc1Cl)OC(F)(F)O2. The Morgan fingerprint density at radius 1 is 1.23 bits per heavy atom. The summed E-state index contributed by atoms with van der Waals surface area (Å²) in [6.07, 6.45) is -2.94. The van der Waals surface area contributed by atoms with Gasteiger partial charge in [-0.15, -0.1) is 8.78 Å². The molecular formula is C14H18BClF2O4. The molecule has 0 radical (unpaired) electrons. The molecule has 1 aliphatic rings. The van der Waals surface area contributed by atoms with Gasteiger partial charge >= 0.3 is 13.4 Å². The van der Waals surface area contributed by atoms with Gasteiger partial charge in [-0.3, -0.25) is 0 Å². The summed E-state index contributed by atoms with van der Waals surface area (Å²) in [5.74, 6) is -0.198. The maximum Gasteiger partial charge on any atom is 0.586 e. The molecule has 1 aromatic rings. The fourth-order valence-corrected chi connectivity index (χ4v) is 2.12. The monoisotopic (exact) mass is 334 g/mol. The molecule has 1 heterocycles. The Labute approximate surface area is 133 Å². The van der Waals surface area contributed by atoms with Gasteiger partial charge < -0.3 is 18.8 Å². The van der Waals surface area contributed by atoms with Gasteiger partial charge in [-0.05, 0) is 33.3 Å². The molecule has 0 aromatic heterocycles. The molecule has 1 aliphatic heterocycles. The van der Waals surface area contributed by atoms with Gasteiger partial charge in [0.15, 0.2) is 11.5 Å². The van der Waals surface area contributed by atoms with E-state index in [1.165, 1.54) is 12.1 Å². The summed E-state index contributed by atoms with van der Waals surface area (Å²) in [5.41, 5.74) is -0.0335. The van der Waals surface area contributed by atoms with Crippen LogP contribution in [0.1, 0.15) is 34.1 Å². The molecule has 0 N–H and O–H groups in total. The lowest BCUT2D eigenvalue weighted by Gasteiger charge is -2.28. The third-order valence-electron chi connectivity index (χ3n) is 3.37. The van der Waals surface area contributed by atoms with Crippen molar-refractivity contribution in [2.45, 2.75) is 46.0 Å². The molecule has 0 saturated heterocycles. The summed E-state index contributed by atoms with van der Waals surface area (Å²) in [6.45, 7) is 7.99. The first-order valence-electron chi connectivity index (χ1n) is 7.06. The lowest BCUT2D eigenvalue weighted by Crippen LogP contribution is -2.44. The van der Waals surface area contributed by atoms with Crippen LogP contribution in [-0.4, -0.2) is 25.6 Å². The number of halogens is 3. The molecule has 0 bridgehead atoms. The minimum atomic E-state index is -3.69. The van der Waals surface area contributed by atoms with Crippen LogP contribution in [0.25, 0.3) is 0 Å². The van der Waals surface area contributed by atoms with Crippen molar-refractivity contribution in [3.63, 3.8) is 0 Å². The Balaban J connectivity index is 2.33. The number of benzene rings is 1. The van der Waals surface area contributed by atoms with Gasteiger partial charge in [0.25, 0.3) is 0 Å². The van der Waals surface area contributed by atoms with E-state index in [9.17, 15) is 8.78 Å². The predicted octanol–water partition coefficient (Wildman–Crippen LogP) is 3.60. The van der Waals surface area contributed by atoms with Gasteiger partial charge in [0.1, 0.15) is 0 Å². The van der Waals surface area contributed by atoms with Gasteiger partial charge in [-0.2, -0.15) is 0 Å². The number of ether oxygens (including phenoxy) is 2. The number of alkyl halides is 2. The minimum absolute atomic E-state index is 0.0907. The van der Waals surface area contributed by atoms with Gasteiger partial charge in [0.2, 0.25) is 0 Å². The Morgan fingerprint density at radius 3 is 2.36 bits per heavy atom. The van der Waals surface area contributed by atoms with E-state index >= 15 is 0 Å². The fraction of sp³-hybridized carbons (Fsp3) is 0.571. The first-order chi connectivity index (χ1) is 10.2. The maximum atomic E-state index is 13.1. The first kappa shape index (κ1) is 17.3. The number of hydrogen-bond acceptors (Lipinski definition) is 4. The highest BCUT2D eigenvalue weighted by Gasteiger charge is 2.44. The first-order valence-corrected chi connectivity index (χ1v) is 7.44. The zero-order chi connectivity index (χ0) is 16.5. The summed E-state index contributed by atoms with van der Waals surface area (Å²) in [7, 11) is -0.782. The summed E-state index contributed by atoms with van der Waals surface area (Å²) >= 11 is 6.16. The highest BCUT2D eigenvalue weighted by molar-refractivity contribution is 6.65. The third kappa shape index (κ3) is 3.83. The van der Waals surface area contributed by atoms with Crippen molar-refractivity contribution in [1.29, 1.82) is 0 Å². The predicted molar refractivity (Wildman–Crippen MR) is 80.1 cm³/mol. The molecule has 122 valence electrons. The Bertz CT molecular complexity index is 554. The fourth-order valence-electron chi connectivity index (χ4n) is 1.88. The summed E-state index contributed by atoms with van der Waals surface area (Å²) in [6, 6.07) is 2.64. The van der Waals surface area contributed by atoms with Gasteiger partial charge in [0, 0.05) is 28.8 Å². The molecule has 0 fully saturated rings. The van der Waals surface area contributed by atoms with E-state index in [1.54, 1.807) is 0 Å². The molecule has 0 unspecified atom stereocenters. The standard InChI is InChI=1S/C14H18BClF2O4/c1-5-13(3,4)22-15(19-6-2)9-7-11-12(8-10(9)16)21-14(17,18)20-11/h7-8H,5-6H2,1-4H3. The van der Waals surface area contributed by atoms with E-state index in [0.29, 0.717) is 12.1 Å². The van der Waals surface area contributed by atoms with Crippen molar-refractivity contribution in [2.24, 2.45) is 0 Å². The molecule has 1 aromatic carbocycles. The lowest BCUT2D eigenvalue weighted by atomic mass is 9.77. The highest BCUT2D eigenvalue weighted by Crippen LogP contribution is 2.41. The average Bonchev–Trinajstić information content (AvgIpc) is 2.70. The number of rotatable bonds is 6. The van der Waals surface area contributed by atoms with Gasteiger partial charge in [-0.25, -0.2) is 0 Å². The highest BCUT2D eigenvalue weighted by atomic mass is 35.5. The van der Waals surface area contributed by atoms with E-state index in [4.69, 9.17) is 20.9 Å². The van der Waals surface area contributed by atoms with Crippen LogP contribution in [0.5, 0.6) is 11.5 Å². The zero-order valence-corrected chi connectivity index (χ0v) is 13.7. The van der Waals surface area contributed by atoms with Crippen molar-refractivity contribution in [2.75, 3.05) is 6.61 Å². The van der Waals surface area contributed by atoms with E-state index in [0.717, 1.165) is 6.42 Å². The summed E-state index contributed by atoms with van der Waals surface area (Å²) < 4.78 is 46.6. The number of fused-ring (bicyclic) bond motifs is 1. The Morgan fingerprint density at radius 2 is 1.82 bits per heavy atom. The molecule has 2 rings (SSSR count). The molecule has 4 nitrogen and oxygen atoms in total. The van der Waals surface area contributed by atoms with Crippen LogP contribution in [0, 0.1) is 0 Å². The van der Waals surface area contributed by atoms with Crippen LogP contribution in [0.2, 0.25) is 5.02 Å². The lowest BCUT2D eigenvalue weighted by molar-refractivity contribution is -0.286. The van der Waals surface area contributed by atoms with E-state index < -0.39 is 19.0 Å². The average molecular weight is 335 g/mol. The molecule has 0 amide bonds. The maximum absolute atomic E-state index is 13.1. The summed E-state index contributed by atoms with van der Waals surface area (Å²) in [5, 5.41) is 0.213. The van der Waals surface area contributed by atoms with Crippen molar-refractivity contribution in [3.05, 3.63) is 17.2 Å². The van der Waals surface area contributed by atoms with E-state index in [2.05, 4.69) is 9.47 Å². The zero-order valence-electron chi connectivity index (χ0n) is 12.9. The van der Waals surface area contributed by atoms with Crippen LogP contribution >= 0.6 is 11.6 Å². The normalized spacial score (nSPS) is 16.0. The summed E-state index contributed by atoms with van der Waals surface area (Å²) in [4.78, 5) is 0. The van der Waals surface area contributed by atoms with Gasteiger partial charge in [0.05, 0.1) is 0 Å². The third-order valence-corrected chi connectivity index (χ3v) is 3.70. The molecule has 8 heteroatoms. The van der Waals surface area contributed by atoms with Crippen molar-refractivity contribution >= 4 is 24.2 Å². The van der Waals surface area contributed by atoms with E-state index in [-0.39, 0.29) is 16.5 Å². The van der Waals surface area contributed by atoms with Crippen LogP contribution in [0.15, 0.2) is 12.1 Å². The van der Waals surface area contributed by atoms with Gasteiger partial charge in [-0.1, -0.05) is 18.5 Å². The molecule has 22 heavy (non-hydrogen) atoms. The van der Waals surface area contributed by atoms with Crippen LogP contribution in [0.4, 0.5) is 8.78 Å². The molecule has 0 spiro atoms. The largest absolute Gasteiger partial charge is 0.586 e. The molecule has 0 aliphatic carbocycles. The van der Waals surface area contributed by atoms with Crippen molar-refractivity contribution in [1.82, 2.24) is 0 Å².